The molecule has 0 saturated carbocycles. The van der Waals surface area contributed by atoms with Gasteiger partial charge in [-0.1, -0.05) is 54.6 Å². The molecule has 36 heavy (non-hydrogen) atoms. The summed E-state index contributed by atoms with van der Waals surface area (Å²) in [6.45, 7) is 4.08. The number of aliphatic hydroxyl groups excluding tert-OH is 1. The summed E-state index contributed by atoms with van der Waals surface area (Å²) in [7, 11) is 0. The van der Waals surface area contributed by atoms with E-state index < -0.39 is 6.29 Å². The number of hydrogen-bond acceptors (Lipinski definition) is 6. The molecule has 0 aromatic heterocycles. The number of rotatable bonds is 7. The summed E-state index contributed by atoms with van der Waals surface area (Å²) in [5.74, 6) is -0.162. The first-order valence-corrected chi connectivity index (χ1v) is 12.4. The first-order valence-electron chi connectivity index (χ1n) is 12.4. The molecule has 7 nitrogen and oxygen atoms in total. The maximum Gasteiger partial charge on any atom is 0.255 e. The van der Waals surface area contributed by atoms with E-state index in [1.807, 2.05) is 66.7 Å². The molecule has 0 spiro atoms. The Balaban J connectivity index is 1.35. The third-order valence-electron chi connectivity index (χ3n) is 6.63. The number of benzene rings is 3. The molecule has 2 saturated heterocycles. The lowest BCUT2D eigenvalue weighted by Gasteiger charge is -2.39. The third kappa shape index (κ3) is 6.19. The number of carbonyl (C=O) groups is 1. The summed E-state index contributed by atoms with van der Waals surface area (Å²) < 4.78 is 18.4. The van der Waals surface area contributed by atoms with Crippen molar-refractivity contribution in [3.05, 3.63) is 101 Å². The van der Waals surface area contributed by atoms with Gasteiger partial charge in [-0.05, 0) is 35.4 Å². The van der Waals surface area contributed by atoms with Gasteiger partial charge in [0.15, 0.2) is 6.29 Å². The lowest BCUT2D eigenvalue weighted by atomic mass is 9.99. The van der Waals surface area contributed by atoms with E-state index in [2.05, 4.69) is 10.2 Å². The van der Waals surface area contributed by atoms with Gasteiger partial charge in [0.05, 0.1) is 32.0 Å². The van der Waals surface area contributed by atoms with Crippen molar-refractivity contribution in [2.24, 2.45) is 0 Å². The highest BCUT2D eigenvalue weighted by Gasteiger charge is 2.33. The lowest BCUT2D eigenvalue weighted by Crippen LogP contribution is -2.44. The summed E-state index contributed by atoms with van der Waals surface area (Å²) >= 11 is 0. The maximum atomic E-state index is 12.7. The number of morpholine rings is 1. The minimum absolute atomic E-state index is 0.0126. The molecule has 0 radical (unpaired) electrons. The summed E-state index contributed by atoms with van der Waals surface area (Å²) in [5.41, 5.74) is 4.07. The smallest absolute Gasteiger partial charge is 0.255 e. The van der Waals surface area contributed by atoms with E-state index in [1.165, 1.54) is 0 Å². The van der Waals surface area contributed by atoms with Gasteiger partial charge in [0.2, 0.25) is 0 Å². The molecule has 188 valence electrons. The molecule has 7 heteroatoms. The zero-order valence-electron chi connectivity index (χ0n) is 20.2. The fourth-order valence-corrected chi connectivity index (χ4v) is 4.66. The summed E-state index contributed by atoms with van der Waals surface area (Å²) in [6.07, 6.45) is -0.00514. The van der Waals surface area contributed by atoms with Crippen LogP contribution < -0.4 is 5.32 Å². The van der Waals surface area contributed by atoms with Crippen LogP contribution in [-0.2, 0) is 20.8 Å². The van der Waals surface area contributed by atoms with E-state index in [4.69, 9.17) is 14.2 Å². The Kier molecular flexibility index (Phi) is 8.05. The molecule has 2 aliphatic heterocycles. The number of nitrogens with one attached hydrogen (secondary N) is 1. The van der Waals surface area contributed by atoms with E-state index in [0.717, 1.165) is 56.0 Å². The number of carbonyl (C=O) groups excluding carboxylic acids is 1. The van der Waals surface area contributed by atoms with Gasteiger partial charge in [-0.2, -0.15) is 0 Å². The van der Waals surface area contributed by atoms with Crippen LogP contribution in [0.3, 0.4) is 0 Å². The second-order valence-electron chi connectivity index (χ2n) is 9.21. The van der Waals surface area contributed by atoms with Crippen molar-refractivity contribution in [2.75, 3.05) is 38.2 Å². The van der Waals surface area contributed by atoms with Gasteiger partial charge in [-0.3, -0.25) is 9.69 Å². The van der Waals surface area contributed by atoms with Gasteiger partial charge in [0.25, 0.3) is 5.91 Å². The third-order valence-corrected chi connectivity index (χ3v) is 6.63. The molecule has 2 N–H and O–H groups in total. The molecule has 2 aliphatic rings. The van der Waals surface area contributed by atoms with Crippen LogP contribution in [0.5, 0.6) is 0 Å². The molecule has 3 unspecified atom stereocenters. The predicted molar refractivity (Wildman–Crippen MR) is 137 cm³/mol. The summed E-state index contributed by atoms with van der Waals surface area (Å²) in [6, 6.07) is 24.7. The van der Waals surface area contributed by atoms with E-state index in [1.54, 1.807) is 12.1 Å². The van der Waals surface area contributed by atoms with Crippen molar-refractivity contribution in [3.63, 3.8) is 0 Å². The van der Waals surface area contributed by atoms with E-state index >= 15 is 0 Å². The highest BCUT2D eigenvalue weighted by Crippen LogP contribution is 2.38. The fraction of sp³-hybridized carbons (Fsp3) is 0.345. The predicted octanol–water partition coefficient (Wildman–Crippen LogP) is 4.31. The Morgan fingerprint density at radius 1 is 0.917 bits per heavy atom. The minimum atomic E-state index is -0.569. The molecule has 2 heterocycles. The SMILES string of the molecule is O=C(Nc1cccc(C2OC(CN3CCOCC3)CC(c3ccc(CO)cc3)O2)c1)c1ccccc1. The van der Waals surface area contributed by atoms with Crippen molar-refractivity contribution >= 4 is 11.6 Å². The van der Waals surface area contributed by atoms with Crippen molar-refractivity contribution < 1.29 is 24.1 Å². The Hall–Kier alpha value is -3.07. The Labute approximate surface area is 211 Å². The minimum Gasteiger partial charge on any atom is -0.392 e. The van der Waals surface area contributed by atoms with E-state index in [9.17, 15) is 9.90 Å². The summed E-state index contributed by atoms with van der Waals surface area (Å²) in [5, 5.41) is 12.4. The number of aliphatic hydroxyl groups is 1. The zero-order valence-corrected chi connectivity index (χ0v) is 20.2. The average Bonchev–Trinajstić information content (AvgIpc) is 2.94. The van der Waals surface area contributed by atoms with Crippen LogP contribution >= 0.6 is 0 Å². The largest absolute Gasteiger partial charge is 0.392 e. The van der Waals surface area contributed by atoms with Crippen LogP contribution in [0, 0.1) is 0 Å². The van der Waals surface area contributed by atoms with Gasteiger partial charge in [-0.15, -0.1) is 0 Å². The maximum absolute atomic E-state index is 12.7. The van der Waals surface area contributed by atoms with Crippen molar-refractivity contribution in [1.29, 1.82) is 0 Å². The van der Waals surface area contributed by atoms with Crippen LogP contribution in [0.15, 0.2) is 78.9 Å². The number of ether oxygens (including phenoxy) is 3. The van der Waals surface area contributed by atoms with Crippen LogP contribution in [0.2, 0.25) is 0 Å². The van der Waals surface area contributed by atoms with Crippen molar-refractivity contribution in [2.45, 2.75) is 31.5 Å². The first kappa shape index (κ1) is 24.6. The molecule has 1 amide bonds. The molecule has 3 aromatic carbocycles. The monoisotopic (exact) mass is 488 g/mol. The molecule has 3 aromatic rings. The molecular formula is C29H32N2O5. The van der Waals surface area contributed by atoms with E-state index in [0.29, 0.717) is 11.3 Å². The second-order valence-corrected chi connectivity index (χ2v) is 9.21. The lowest BCUT2D eigenvalue weighted by molar-refractivity contribution is -0.253. The van der Waals surface area contributed by atoms with Gasteiger partial charge in [0, 0.05) is 42.9 Å². The van der Waals surface area contributed by atoms with Crippen LogP contribution in [-0.4, -0.2) is 54.9 Å². The Morgan fingerprint density at radius 3 is 2.44 bits per heavy atom. The Morgan fingerprint density at radius 2 is 1.69 bits per heavy atom. The summed E-state index contributed by atoms with van der Waals surface area (Å²) in [4.78, 5) is 15.0. The first-order chi connectivity index (χ1) is 17.7. The molecule has 2 fully saturated rings. The normalized spacial score (nSPS) is 22.8. The Bertz CT molecular complexity index is 1130. The molecule has 5 rings (SSSR count). The standard InChI is InChI=1S/C29H32N2O5/c32-20-21-9-11-22(12-10-21)27-18-26(19-31-13-15-34-16-14-31)35-29(36-27)24-7-4-8-25(17-24)30-28(33)23-5-2-1-3-6-23/h1-12,17,26-27,29,32H,13-16,18-20H2,(H,30,33). The number of anilines is 1. The second kappa shape index (κ2) is 11.8. The molecule has 3 atom stereocenters. The zero-order chi connectivity index (χ0) is 24.7. The molecule has 0 bridgehead atoms. The molecule has 0 aliphatic carbocycles. The van der Waals surface area contributed by atoms with Gasteiger partial charge < -0.3 is 24.6 Å². The van der Waals surface area contributed by atoms with Gasteiger partial charge in [0.1, 0.15) is 0 Å². The highest BCUT2D eigenvalue weighted by atomic mass is 16.7. The quantitative estimate of drug-likeness (QED) is 0.516. The van der Waals surface area contributed by atoms with Gasteiger partial charge in [-0.25, -0.2) is 0 Å². The topological polar surface area (TPSA) is 80.3 Å². The number of hydrogen-bond donors (Lipinski definition) is 2. The number of amides is 1. The highest BCUT2D eigenvalue weighted by molar-refractivity contribution is 6.04. The fourth-order valence-electron chi connectivity index (χ4n) is 4.66. The van der Waals surface area contributed by atoms with Crippen LogP contribution in [0.25, 0.3) is 0 Å². The van der Waals surface area contributed by atoms with Crippen molar-refractivity contribution in [3.8, 4) is 0 Å². The van der Waals surface area contributed by atoms with Crippen LogP contribution in [0.4, 0.5) is 5.69 Å². The average molecular weight is 489 g/mol. The van der Waals surface area contributed by atoms with Crippen LogP contribution in [0.1, 0.15) is 45.9 Å². The number of nitrogens with zero attached hydrogens (tertiary/aromatic N) is 1. The van der Waals surface area contributed by atoms with E-state index in [-0.39, 0.29) is 24.7 Å². The van der Waals surface area contributed by atoms with Gasteiger partial charge >= 0.3 is 0 Å². The molecular weight excluding hydrogens is 456 g/mol. The van der Waals surface area contributed by atoms with Crippen molar-refractivity contribution in [1.82, 2.24) is 4.90 Å².